The van der Waals surface area contributed by atoms with Crippen LogP contribution in [0.2, 0.25) is 0 Å². The number of urea groups is 1. The molecule has 0 atom stereocenters. The number of piperidine rings is 1. The van der Waals surface area contributed by atoms with E-state index >= 15 is 0 Å². The van der Waals surface area contributed by atoms with Crippen molar-refractivity contribution in [1.82, 2.24) is 15.5 Å². The van der Waals surface area contributed by atoms with E-state index < -0.39 is 0 Å². The number of nitrogens with zero attached hydrogens (tertiary/aromatic N) is 1. The summed E-state index contributed by atoms with van der Waals surface area (Å²) < 4.78 is 0. The predicted octanol–water partition coefficient (Wildman–Crippen LogP) is 1.35. The Bertz CT molecular complexity index is 293. The van der Waals surface area contributed by atoms with Crippen LogP contribution in [0.15, 0.2) is 11.6 Å². The van der Waals surface area contributed by atoms with E-state index in [4.69, 9.17) is 0 Å². The van der Waals surface area contributed by atoms with E-state index in [0.29, 0.717) is 6.54 Å². The zero-order chi connectivity index (χ0) is 12.1. The van der Waals surface area contributed by atoms with Crippen LogP contribution in [-0.4, -0.2) is 43.7 Å². The quantitative estimate of drug-likeness (QED) is 0.712. The van der Waals surface area contributed by atoms with E-state index in [2.05, 4.69) is 23.6 Å². The number of amides is 2. The number of hydrogen-bond acceptors (Lipinski definition) is 2. The van der Waals surface area contributed by atoms with Crippen LogP contribution in [-0.2, 0) is 0 Å². The van der Waals surface area contributed by atoms with Gasteiger partial charge in [-0.15, -0.1) is 0 Å². The third-order valence-corrected chi connectivity index (χ3v) is 3.70. The van der Waals surface area contributed by atoms with E-state index in [0.717, 1.165) is 51.4 Å². The highest BCUT2D eigenvalue weighted by Crippen LogP contribution is 2.15. The number of carbonyl (C=O) groups excluding carboxylic acids is 1. The molecular formula is C13H23N3O. The number of likely N-dealkylation sites (tertiary alicyclic amines) is 1. The molecular weight excluding hydrogens is 214 g/mol. The number of carbonyl (C=O) groups is 1. The van der Waals surface area contributed by atoms with Gasteiger partial charge in [0.2, 0.25) is 0 Å². The van der Waals surface area contributed by atoms with Gasteiger partial charge in [0.05, 0.1) is 0 Å². The molecule has 96 valence electrons. The Kier molecular flexibility index (Phi) is 4.42. The fourth-order valence-corrected chi connectivity index (χ4v) is 2.34. The average Bonchev–Trinajstić information content (AvgIpc) is 2.38. The molecule has 1 saturated heterocycles. The minimum Gasteiger partial charge on any atom is -0.334 e. The van der Waals surface area contributed by atoms with Gasteiger partial charge in [-0.3, -0.25) is 0 Å². The van der Waals surface area contributed by atoms with E-state index in [1.807, 2.05) is 4.90 Å². The molecule has 2 heterocycles. The van der Waals surface area contributed by atoms with Crippen molar-refractivity contribution in [1.29, 1.82) is 0 Å². The van der Waals surface area contributed by atoms with Crippen molar-refractivity contribution < 1.29 is 4.79 Å². The maximum absolute atomic E-state index is 11.9. The van der Waals surface area contributed by atoms with Gasteiger partial charge in [-0.25, -0.2) is 4.79 Å². The summed E-state index contributed by atoms with van der Waals surface area (Å²) in [5.41, 5.74) is 1.35. The fraction of sp³-hybridized carbons (Fsp3) is 0.769. The second-order valence-electron chi connectivity index (χ2n) is 5.14. The lowest BCUT2D eigenvalue weighted by Gasteiger charge is -2.30. The molecule has 2 N–H and O–H groups in total. The Hall–Kier alpha value is -1.03. The molecule has 2 aliphatic heterocycles. The van der Waals surface area contributed by atoms with Crippen molar-refractivity contribution >= 4 is 6.03 Å². The number of rotatable bonds is 2. The van der Waals surface area contributed by atoms with Gasteiger partial charge in [0.1, 0.15) is 0 Å². The van der Waals surface area contributed by atoms with Crippen LogP contribution in [0.4, 0.5) is 4.79 Å². The smallest absolute Gasteiger partial charge is 0.317 e. The highest BCUT2D eigenvalue weighted by Gasteiger charge is 2.19. The van der Waals surface area contributed by atoms with Crippen LogP contribution in [0.3, 0.4) is 0 Å². The highest BCUT2D eigenvalue weighted by atomic mass is 16.2. The van der Waals surface area contributed by atoms with E-state index in [-0.39, 0.29) is 6.03 Å². The first-order chi connectivity index (χ1) is 8.25. The van der Waals surface area contributed by atoms with Crippen molar-refractivity contribution in [3.63, 3.8) is 0 Å². The minimum absolute atomic E-state index is 0.108. The lowest BCUT2D eigenvalue weighted by molar-refractivity contribution is 0.174. The summed E-state index contributed by atoms with van der Waals surface area (Å²) in [6.45, 7) is 6.76. The van der Waals surface area contributed by atoms with Crippen molar-refractivity contribution in [3.05, 3.63) is 11.6 Å². The summed E-state index contributed by atoms with van der Waals surface area (Å²) in [4.78, 5) is 13.9. The van der Waals surface area contributed by atoms with Crippen molar-refractivity contribution in [2.75, 3.05) is 32.7 Å². The monoisotopic (exact) mass is 237 g/mol. The Morgan fingerprint density at radius 3 is 2.94 bits per heavy atom. The fourth-order valence-electron chi connectivity index (χ4n) is 2.34. The summed E-state index contributed by atoms with van der Waals surface area (Å²) in [5, 5.41) is 6.30. The SMILES string of the molecule is CC1CCN(C(=O)NCC2=CCNCC2)CC1. The van der Waals surface area contributed by atoms with Crippen molar-refractivity contribution in [2.24, 2.45) is 5.92 Å². The Labute approximate surface area is 103 Å². The van der Waals surface area contributed by atoms with E-state index in [1.165, 1.54) is 5.57 Å². The lowest BCUT2D eigenvalue weighted by atomic mass is 10.00. The normalized spacial score (nSPS) is 22.2. The maximum Gasteiger partial charge on any atom is 0.317 e. The maximum atomic E-state index is 11.9. The first-order valence-corrected chi connectivity index (χ1v) is 6.67. The van der Waals surface area contributed by atoms with Crippen LogP contribution in [0.1, 0.15) is 26.2 Å². The van der Waals surface area contributed by atoms with Gasteiger partial charge in [-0.2, -0.15) is 0 Å². The van der Waals surface area contributed by atoms with Crippen molar-refractivity contribution in [2.45, 2.75) is 26.2 Å². The van der Waals surface area contributed by atoms with Crippen LogP contribution >= 0.6 is 0 Å². The Morgan fingerprint density at radius 1 is 1.53 bits per heavy atom. The molecule has 1 fully saturated rings. The third kappa shape index (κ3) is 3.73. The first kappa shape index (κ1) is 12.4. The van der Waals surface area contributed by atoms with E-state index in [1.54, 1.807) is 0 Å². The first-order valence-electron chi connectivity index (χ1n) is 6.67. The van der Waals surface area contributed by atoms with Gasteiger partial charge in [0.25, 0.3) is 0 Å². The molecule has 0 bridgehead atoms. The molecule has 0 aromatic rings. The zero-order valence-corrected chi connectivity index (χ0v) is 10.7. The molecule has 0 saturated carbocycles. The molecule has 2 rings (SSSR count). The van der Waals surface area contributed by atoms with Gasteiger partial charge in [0, 0.05) is 26.2 Å². The molecule has 0 spiro atoms. The molecule has 0 aliphatic carbocycles. The molecule has 2 amide bonds. The molecule has 0 unspecified atom stereocenters. The van der Waals surface area contributed by atoms with E-state index in [9.17, 15) is 4.79 Å². The third-order valence-electron chi connectivity index (χ3n) is 3.70. The van der Waals surface area contributed by atoms with Crippen LogP contribution in [0.25, 0.3) is 0 Å². The van der Waals surface area contributed by atoms with Gasteiger partial charge in [-0.05, 0) is 31.7 Å². The van der Waals surface area contributed by atoms with Crippen LogP contribution in [0, 0.1) is 5.92 Å². The summed E-state index contributed by atoms with van der Waals surface area (Å²) >= 11 is 0. The molecule has 2 aliphatic rings. The standard InChI is InChI=1S/C13H23N3O/c1-11-4-8-16(9-5-11)13(17)15-10-12-2-6-14-7-3-12/h2,11,14H,3-10H2,1H3,(H,15,17). The molecule has 4 nitrogen and oxygen atoms in total. The largest absolute Gasteiger partial charge is 0.334 e. The van der Waals surface area contributed by atoms with Crippen molar-refractivity contribution in [3.8, 4) is 0 Å². The summed E-state index contributed by atoms with van der Waals surface area (Å²) in [6.07, 6.45) is 5.51. The molecule has 0 radical (unpaired) electrons. The second-order valence-corrected chi connectivity index (χ2v) is 5.14. The number of hydrogen-bond donors (Lipinski definition) is 2. The second kappa shape index (κ2) is 6.05. The topological polar surface area (TPSA) is 44.4 Å². The molecule has 4 heteroatoms. The van der Waals surface area contributed by atoms with Crippen LogP contribution < -0.4 is 10.6 Å². The summed E-state index contributed by atoms with van der Waals surface area (Å²) in [6, 6.07) is 0.108. The van der Waals surface area contributed by atoms with Gasteiger partial charge in [-0.1, -0.05) is 18.6 Å². The predicted molar refractivity (Wildman–Crippen MR) is 68.9 cm³/mol. The number of nitrogens with one attached hydrogen (secondary N) is 2. The lowest BCUT2D eigenvalue weighted by Crippen LogP contribution is -2.44. The Morgan fingerprint density at radius 2 is 2.29 bits per heavy atom. The van der Waals surface area contributed by atoms with Gasteiger partial charge < -0.3 is 15.5 Å². The van der Waals surface area contributed by atoms with Crippen LogP contribution in [0.5, 0.6) is 0 Å². The molecule has 0 aromatic heterocycles. The average molecular weight is 237 g/mol. The summed E-state index contributed by atoms with van der Waals surface area (Å²) in [5.74, 6) is 0.770. The van der Waals surface area contributed by atoms with Gasteiger partial charge in [0.15, 0.2) is 0 Å². The minimum atomic E-state index is 0.108. The highest BCUT2D eigenvalue weighted by molar-refractivity contribution is 5.74. The van der Waals surface area contributed by atoms with Gasteiger partial charge >= 0.3 is 6.03 Å². The molecule has 0 aromatic carbocycles. The molecule has 17 heavy (non-hydrogen) atoms. The summed E-state index contributed by atoms with van der Waals surface area (Å²) in [7, 11) is 0. The zero-order valence-electron chi connectivity index (χ0n) is 10.7. The Balaban J connectivity index is 1.71.